The first-order valence-corrected chi connectivity index (χ1v) is 6.85. The zero-order valence-electron chi connectivity index (χ0n) is 10.9. The lowest BCUT2D eigenvalue weighted by atomic mass is 10.1. The summed E-state index contributed by atoms with van der Waals surface area (Å²) >= 11 is 0. The van der Waals surface area contributed by atoms with Gasteiger partial charge in [-0.05, 0) is 44.0 Å². The van der Waals surface area contributed by atoms with Crippen LogP contribution in [0.15, 0.2) is 18.2 Å². The molecule has 1 unspecified atom stereocenters. The van der Waals surface area contributed by atoms with Crippen LogP contribution in [0.2, 0.25) is 0 Å². The molecular weight excluding hydrogens is 242 g/mol. The maximum absolute atomic E-state index is 11.3. The van der Waals surface area contributed by atoms with E-state index in [0.29, 0.717) is 6.04 Å². The second-order valence-electron chi connectivity index (χ2n) is 5.06. The molecule has 5 heteroatoms. The van der Waals surface area contributed by atoms with Gasteiger partial charge in [0.2, 0.25) is 0 Å². The summed E-state index contributed by atoms with van der Waals surface area (Å²) in [4.78, 5) is 11.3. The van der Waals surface area contributed by atoms with Gasteiger partial charge < -0.3 is 20.7 Å². The number of hydrogen-bond acceptors (Lipinski definition) is 4. The van der Waals surface area contributed by atoms with E-state index in [9.17, 15) is 4.79 Å². The van der Waals surface area contributed by atoms with Crippen LogP contribution in [0.5, 0.6) is 5.75 Å². The van der Waals surface area contributed by atoms with Crippen molar-refractivity contribution in [2.24, 2.45) is 0 Å². The molecular formula is C14H19N3O2. The van der Waals surface area contributed by atoms with Crippen molar-refractivity contribution in [1.82, 2.24) is 5.32 Å². The van der Waals surface area contributed by atoms with E-state index < -0.39 is 0 Å². The van der Waals surface area contributed by atoms with Crippen molar-refractivity contribution < 1.29 is 9.53 Å². The van der Waals surface area contributed by atoms with Gasteiger partial charge in [-0.25, -0.2) is 0 Å². The van der Waals surface area contributed by atoms with Crippen LogP contribution in [-0.2, 0) is 4.79 Å². The highest BCUT2D eigenvalue weighted by Crippen LogP contribution is 2.30. The maximum atomic E-state index is 11.3. The van der Waals surface area contributed by atoms with E-state index in [2.05, 4.69) is 16.0 Å². The first-order valence-electron chi connectivity index (χ1n) is 6.85. The summed E-state index contributed by atoms with van der Waals surface area (Å²) in [6.07, 6.45) is 3.68. The molecule has 1 saturated heterocycles. The van der Waals surface area contributed by atoms with Crippen LogP contribution in [-0.4, -0.2) is 31.6 Å². The maximum Gasteiger partial charge on any atom is 0.262 e. The van der Waals surface area contributed by atoms with Gasteiger partial charge in [0, 0.05) is 18.3 Å². The van der Waals surface area contributed by atoms with Gasteiger partial charge >= 0.3 is 0 Å². The summed E-state index contributed by atoms with van der Waals surface area (Å²) in [7, 11) is 0. The predicted molar refractivity (Wildman–Crippen MR) is 74.7 cm³/mol. The number of hydrogen-bond donors (Lipinski definition) is 3. The van der Waals surface area contributed by atoms with Gasteiger partial charge in [0.15, 0.2) is 6.61 Å². The highest BCUT2D eigenvalue weighted by molar-refractivity contribution is 5.95. The molecule has 1 aromatic rings. The number of carbonyl (C=O) groups is 1. The van der Waals surface area contributed by atoms with E-state index >= 15 is 0 Å². The minimum Gasteiger partial charge on any atom is -0.482 e. The molecule has 1 atom stereocenters. The fourth-order valence-electron chi connectivity index (χ4n) is 2.59. The van der Waals surface area contributed by atoms with Crippen LogP contribution >= 0.6 is 0 Å². The smallest absolute Gasteiger partial charge is 0.262 e. The van der Waals surface area contributed by atoms with Gasteiger partial charge in [-0.1, -0.05) is 0 Å². The summed E-state index contributed by atoms with van der Waals surface area (Å²) in [5.41, 5.74) is 1.77. The van der Waals surface area contributed by atoms with Gasteiger partial charge in [-0.3, -0.25) is 4.79 Å². The summed E-state index contributed by atoms with van der Waals surface area (Å²) in [6, 6.07) is 6.45. The Hall–Kier alpha value is -1.75. The SMILES string of the molecule is O=C1COc2ccc(NCCC3CCCN3)cc2N1. The molecule has 2 aliphatic heterocycles. The molecule has 0 saturated carbocycles. The first-order chi connectivity index (χ1) is 9.31. The number of ether oxygens (including phenoxy) is 1. The van der Waals surface area contributed by atoms with E-state index in [0.717, 1.165) is 36.6 Å². The Labute approximate surface area is 112 Å². The molecule has 0 radical (unpaired) electrons. The van der Waals surface area contributed by atoms with E-state index in [1.165, 1.54) is 12.8 Å². The number of amides is 1. The van der Waals surface area contributed by atoms with Crippen molar-refractivity contribution in [3.63, 3.8) is 0 Å². The quantitative estimate of drug-likeness (QED) is 0.770. The molecule has 102 valence electrons. The van der Waals surface area contributed by atoms with Crippen molar-refractivity contribution in [2.75, 3.05) is 30.3 Å². The average molecular weight is 261 g/mol. The lowest BCUT2D eigenvalue weighted by molar-refractivity contribution is -0.118. The standard InChI is InChI=1S/C14H19N3O2/c18-14-9-19-13-4-3-11(8-12(13)17-14)16-7-5-10-2-1-6-15-10/h3-4,8,10,15-16H,1-2,5-7,9H2,(H,17,18). The van der Waals surface area contributed by atoms with Gasteiger partial charge in [-0.2, -0.15) is 0 Å². The molecule has 0 bridgehead atoms. The number of rotatable bonds is 4. The Morgan fingerprint density at radius 2 is 2.37 bits per heavy atom. The molecule has 3 N–H and O–H groups in total. The minimum absolute atomic E-state index is 0.0974. The predicted octanol–water partition coefficient (Wildman–Crippen LogP) is 1.57. The van der Waals surface area contributed by atoms with Crippen molar-refractivity contribution in [1.29, 1.82) is 0 Å². The molecule has 3 rings (SSSR count). The van der Waals surface area contributed by atoms with Crippen LogP contribution in [0.4, 0.5) is 11.4 Å². The van der Waals surface area contributed by atoms with Crippen molar-refractivity contribution in [3.8, 4) is 5.75 Å². The normalized spacial score (nSPS) is 21.5. The molecule has 1 fully saturated rings. The average Bonchev–Trinajstić information content (AvgIpc) is 2.91. The minimum atomic E-state index is -0.0974. The molecule has 2 heterocycles. The number of fused-ring (bicyclic) bond motifs is 1. The highest BCUT2D eigenvalue weighted by atomic mass is 16.5. The Morgan fingerprint density at radius 1 is 1.42 bits per heavy atom. The third-order valence-corrected chi connectivity index (χ3v) is 3.60. The van der Waals surface area contributed by atoms with Gasteiger partial charge in [0.1, 0.15) is 5.75 Å². The van der Waals surface area contributed by atoms with Crippen LogP contribution in [0, 0.1) is 0 Å². The van der Waals surface area contributed by atoms with Gasteiger partial charge in [-0.15, -0.1) is 0 Å². The second-order valence-corrected chi connectivity index (χ2v) is 5.06. The summed E-state index contributed by atoms with van der Waals surface area (Å²) in [6.45, 7) is 2.19. The number of anilines is 2. The molecule has 2 aliphatic rings. The molecule has 0 aromatic heterocycles. The van der Waals surface area contributed by atoms with Gasteiger partial charge in [0.25, 0.3) is 5.91 Å². The lowest BCUT2D eigenvalue weighted by Gasteiger charge is -2.19. The van der Waals surface area contributed by atoms with Crippen LogP contribution in [0.25, 0.3) is 0 Å². The molecule has 5 nitrogen and oxygen atoms in total. The van der Waals surface area contributed by atoms with Crippen LogP contribution in [0.1, 0.15) is 19.3 Å². The second kappa shape index (κ2) is 5.48. The third-order valence-electron chi connectivity index (χ3n) is 3.60. The Kier molecular flexibility index (Phi) is 3.55. The van der Waals surface area contributed by atoms with E-state index in [1.54, 1.807) is 0 Å². The van der Waals surface area contributed by atoms with Gasteiger partial charge in [0.05, 0.1) is 5.69 Å². The molecule has 19 heavy (non-hydrogen) atoms. The summed E-state index contributed by atoms with van der Waals surface area (Å²) in [5, 5.41) is 9.69. The molecule has 1 aromatic carbocycles. The Balaban J connectivity index is 1.56. The first kappa shape index (κ1) is 12.3. The Morgan fingerprint density at radius 3 is 3.21 bits per heavy atom. The number of nitrogens with one attached hydrogen (secondary N) is 3. The van der Waals surface area contributed by atoms with Crippen LogP contribution in [0.3, 0.4) is 0 Å². The number of benzene rings is 1. The molecule has 0 aliphatic carbocycles. The largest absolute Gasteiger partial charge is 0.482 e. The summed E-state index contributed by atoms with van der Waals surface area (Å²) < 4.78 is 5.33. The zero-order valence-corrected chi connectivity index (χ0v) is 10.9. The molecule has 1 amide bonds. The van der Waals surface area contributed by atoms with Crippen molar-refractivity contribution in [2.45, 2.75) is 25.3 Å². The fourth-order valence-corrected chi connectivity index (χ4v) is 2.59. The van der Waals surface area contributed by atoms with Crippen LogP contribution < -0.4 is 20.7 Å². The zero-order chi connectivity index (χ0) is 13.1. The third kappa shape index (κ3) is 2.98. The van der Waals surface area contributed by atoms with E-state index in [4.69, 9.17) is 4.74 Å². The highest BCUT2D eigenvalue weighted by Gasteiger charge is 2.16. The lowest BCUT2D eigenvalue weighted by Crippen LogP contribution is -2.25. The summed E-state index contributed by atoms with van der Waals surface area (Å²) in [5.74, 6) is 0.641. The number of carbonyl (C=O) groups excluding carboxylic acids is 1. The Bertz CT molecular complexity index is 470. The molecule has 0 spiro atoms. The van der Waals surface area contributed by atoms with E-state index in [1.807, 2.05) is 18.2 Å². The van der Waals surface area contributed by atoms with Crippen molar-refractivity contribution in [3.05, 3.63) is 18.2 Å². The topological polar surface area (TPSA) is 62.4 Å². The fraction of sp³-hybridized carbons (Fsp3) is 0.500. The van der Waals surface area contributed by atoms with Crippen molar-refractivity contribution >= 4 is 17.3 Å². The van der Waals surface area contributed by atoms with E-state index in [-0.39, 0.29) is 12.5 Å². The monoisotopic (exact) mass is 261 g/mol.